The smallest absolute Gasteiger partial charge is 0.207 e. The summed E-state index contributed by atoms with van der Waals surface area (Å²) in [4.78, 5) is -0.364. The fraction of sp³-hybridized carbons (Fsp3) is 0.429. The summed E-state index contributed by atoms with van der Waals surface area (Å²) in [6.07, 6.45) is 1.05. The molecule has 0 amide bonds. The van der Waals surface area contributed by atoms with Crippen molar-refractivity contribution in [1.82, 2.24) is 4.31 Å². The number of sulfonamides is 1. The standard InChI is InChI=1S/C14H13ClF3NO2S/c15-13-7-6-11(8-12(13)14(16,17)18)22(20,21)19-9-2-1-3-10(19)5-4-9/h1-2,6-10H,3-5H2. The van der Waals surface area contributed by atoms with Gasteiger partial charge in [-0.2, -0.15) is 17.5 Å². The number of nitrogens with zero attached hydrogens (tertiary/aromatic N) is 1. The Hall–Kier alpha value is -1.05. The Morgan fingerprint density at radius 1 is 1.23 bits per heavy atom. The van der Waals surface area contributed by atoms with Gasteiger partial charge in [-0.15, -0.1) is 0 Å². The van der Waals surface area contributed by atoms with Crippen LogP contribution in [0.5, 0.6) is 0 Å². The van der Waals surface area contributed by atoms with Crippen molar-refractivity contribution in [2.24, 2.45) is 0 Å². The van der Waals surface area contributed by atoms with Gasteiger partial charge in [0.15, 0.2) is 0 Å². The van der Waals surface area contributed by atoms with Gasteiger partial charge >= 0.3 is 6.18 Å². The molecule has 120 valence electrons. The van der Waals surface area contributed by atoms with E-state index in [1.54, 1.807) is 0 Å². The second-order valence-corrected chi connectivity index (χ2v) is 7.69. The summed E-state index contributed by atoms with van der Waals surface area (Å²) in [5.74, 6) is 0. The van der Waals surface area contributed by atoms with E-state index >= 15 is 0 Å². The Morgan fingerprint density at radius 2 is 1.95 bits per heavy atom. The predicted molar refractivity (Wildman–Crippen MR) is 76.0 cm³/mol. The Morgan fingerprint density at radius 3 is 2.59 bits per heavy atom. The molecule has 2 aliphatic rings. The van der Waals surface area contributed by atoms with Crippen LogP contribution >= 0.6 is 11.6 Å². The zero-order valence-electron chi connectivity index (χ0n) is 11.3. The lowest BCUT2D eigenvalue weighted by atomic mass is 10.2. The van der Waals surface area contributed by atoms with Crippen molar-refractivity contribution in [2.45, 2.75) is 42.4 Å². The first-order valence-corrected chi connectivity index (χ1v) is 8.60. The molecule has 3 rings (SSSR count). The van der Waals surface area contributed by atoms with Gasteiger partial charge in [0.1, 0.15) is 0 Å². The van der Waals surface area contributed by atoms with Gasteiger partial charge in [0.25, 0.3) is 0 Å². The lowest BCUT2D eigenvalue weighted by molar-refractivity contribution is -0.137. The van der Waals surface area contributed by atoms with Crippen molar-refractivity contribution >= 4 is 21.6 Å². The van der Waals surface area contributed by atoms with E-state index < -0.39 is 26.8 Å². The summed E-state index contributed by atoms with van der Waals surface area (Å²) < 4.78 is 65.5. The van der Waals surface area contributed by atoms with Gasteiger partial charge in [-0.05, 0) is 37.5 Å². The lowest BCUT2D eigenvalue weighted by Gasteiger charge is -2.30. The molecule has 1 saturated heterocycles. The first-order valence-electron chi connectivity index (χ1n) is 6.78. The highest BCUT2D eigenvalue weighted by atomic mass is 35.5. The molecule has 1 aromatic carbocycles. The molecule has 2 unspecified atom stereocenters. The molecule has 0 spiro atoms. The summed E-state index contributed by atoms with van der Waals surface area (Å²) in [6, 6.07) is 2.29. The molecule has 2 aliphatic heterocycles. The number of hydrogen-bond donors (Lipinski definition) is 0. The highest BCUT2D eigenvalue weighted by molar-refractivity contribution is 7.89. The molecule has 1 aromatic rings. The van der Waals surface area contributed by atoms with E-state index in [1.165, 1.54) is 4.31 Å². The van der Waals surface area contributed by atoms with Gasteiger partial charge < -0.3 is 0 Å². The summed E-state index contributed by atoms with van der Waals surface area (Å²) in [5, 5.41) is -0.507. The van der Waals surface area contributed by atoms with Crippen LogP contribution in [0.25, 0.3) is 0 Å². The maximum absolute atomic E-state index is 12.9. The van der Waals surface area contributed by atoms with E-state index in [0.29, 0.717) is 18.9 Å². The topological polar surface area (TPSA) is 37.4 Å². The highest BCUT2D eigenvalue weighted by Crippen LogP contribution is 2.39. The molecule has 0 aromatic heterocycles. The molecular formula is C14H13ClF3NO2S. The molecule has 0 radical (unpaired) electrons. The molecule has 0 saturated carbocycles. The zero-order valence-corrected chi connectivity index (χ0v) is 12.9. The van der Waals surface area contributed by atoms with Crippen LogP contribution in [0.1, 0.15) is 24.8 Å². The number of halogens is 4. The maximum Gasteiger partial charge on any atom is 0.417 e. The van der Waals surface area contributed by atoms with E-state index in [2.05, 4.69) is 0 Å². The normalized spacial score (nSPS) is 25.6. The fourth-order valence-electron chi connectivity index (χ4n) is 3.06. The minimum Gasteiger partial charge on any atom is -0.207 e. The molecule has 0 aliphatic carbocycles. The van der Waals surface area contributed by atoms with E-state index in [0.717, 1.165) is 18.6 Å². The number of rotatable bonds is 2. The van der Waals surface area contributed by atoms with Gasteiger partial charge in [0.2, 0.25) is 10.0 Å². The van der Waals surface area contributed by atoms with Gasteiger partial charge in [0.05, 0.1) is 15.5 Å². The van der Waals surface area contributed by atoms with E-state index in [-0.39, 0.29) is 17.0 Å². The van der Waals surface area contributed by atoms with E-state index in [4.69, 9.17) is 11.6 Å². The first-order chi connectivity index (χ1) is 10.2. The van der Waals surface area contributed by atoms with Gasteiger partial charge in [-0.3, -0.25) is 0 Å². The second-order valence-electron chi connectivity index (χ2n) is 5.44. The second kappa shape index (κ2) is 5.25. The number of benzene rings is 1. The number of fused-ring (bicyclic) bond motifs is 2. The van der Waals surface area contributed by atoms with Crippen LogP contribution in [0.3, 0.4) is 0 Å². The Bertz CT molecular complexity index is 730. The Balaban J connectivity index is 2.05. The van der Waals surface area contributed by atoms with Crippen LogP contribution in [0.4, 0.5) is 13.2 Å². The number of alkyl halides is 3. The maximum atomic E-state index is 12.9. The van der Waals surface area contributed by atoms with Crippen molar-refractivity contribution in [3.63, 3.8) is 0 Å². The molecule has 2 heterocycles. The summed E-state index contributed by atoms with van der Waals surface area (Å²) in [6.45, 7) is 0. The predicted octanol–water partition coefficient (Wildman–Crippen LogP) is 3.84. The van der Waals surface area contributed by atoms with Gasteiger partial charge in [-0.25, -0.2) is 8.42 Å². The van der Waals surface area contributed by atoms with Crippen LogP contribution in [-0.2, 0) is 16.2 Å². The Kier molecular flexibility index (Phi) is 3.78. The average molecular weight is 352 g/mol. The first kappa shape index (κ1) is 15.8. The molecule has 22 heavy (non-hydrogen) atoms. The minimum atomic E-state index is -4.69. The molecule has 3 nitrogen and oxygen atoms in total. The quantitative estimate of drug-likeness (QED) is 0.759. The third kappa shape index (κ3) is 2.55. The molecule has 8 heteroatoms. The third-order valence-corrected chi connectivity index (χ3v) is 6.37. The SMILES string of the molecule is O=S(=O)(c1ccc(Cl)c(C(F)(F)F)c1)N1C2C=CCC1CC2. The van der Waals surface area contributed by atoms with Crippen molar-refractivity contribution < 1.29 is 21.6 Å². The molecular weight excluding hydrogens is 339 g/mol. The highest BCUT2D eigenvalue weighted by Gasteiger charge is 2.43. The van der Waals surface area contributed by atoms with Crippen molar-refractivity contribution in [3.8, 4) is 0 Å². The van der Waals surface area contributed by atoms with Crippen molar-refractivity contribution in [1.29, 1.82) is 0 Å². The zero-order chi connectivity index (χ0) is 16.1. The van der Waals surface area contributed by atoms with Gasteiger partial charge in [0, 0.05) is 12.1 Å². The average Bonchev–Trinajstić information content (AvgIpc) is 2.69. The van der Waals surface area contributed by atoms with Crippen molar-refractivity contribution in [2.75, 3.05) is 0 Å². The van der Waals surface area contributed by atoms with Gasteiger partial charge in [-0.1, -0.05) is 23.8 Å². The summed E-state index contributed by atoms with van der Waals surface area (Å²) in [5.41, 5.74) is -1.13. The van der Waals surface area contributed by atoms with Crippen LogP contribution in [0.2, 0.25) is 5.02 Å². The third-order valence-electron chi connectivity index (χ3n) is 4.07. The minimum absolute atomic E-state index is 0.176. The van der Waals surface area contributed by atoms with Crippen LogP contribution in [-0.4, -0.2) is 24.8 Å². The summed E-state index contributed by atoms with van der Waals surface area (Å²) in [7, 11) is -3.97. The molecule has 2 bridgehead atoms. The monoisotopic (exact) mass is 351 g/mol. The van der Waals surface area contributed by atoms with E-state index in [1.807, 2.05) is 12.2 Å². The van der Waals surface area contributed by atoms with E-state index in [9.17, 15) is 21.6 Å². The largest absolute Gasteiger partial charge is 0.417 e. The Labute approximate surface area is 131 Å². The molecule has 1 fully saturated rings. The lowest BCUT2D eigenvalue weighted by Crippen LogP contribution is -2.42. The fourth-order valence-corrected chi connectivity index (χ4v) is 5.15. The van der Waals surface area contributed by atoms with Crippen LogP contribution < -0.4 is 0 Å². The van der Waals surface area contributed by atoms with Crippen LogP contribution in [0.15, 0.2) is 35.2 Å². The van der Waals surface area contributed by atoms with Crippen molar-refractivity contribution in [3.05, 3.63) is 40.9 Å². The number of hydrogen-bond acceptors (Lipinski definition) is 2. The summed E-state index contributed by atoms with van der Waals surface area (Å²) >= 11 is 5.55. The molecule has 2 atom stereocenters. The van der Waals surface area contributed by atoms with Crippen LogP contribution in [0, 0.1) is 0 Å². The molecule has 0 N–H and O–H groups in total.